The van der Waals surface area contributed by atoms with Crippen LogP contribution >= 0.6 is 0 Å². The molecule has 0 fully saturated rings. The number of benzene rings is 7. The molecule has 0 amide bonds. The van der Waals surface area contributed by atoms with Gasteiger partial charge in [0.05, 0.1) is 22.3 Å². The Morgan fingerprint density at radius 1 is 0.559 bits per heavy atom. The molecule has 0 atom stereocenters. The van der Waals surface area contributed by atoms with Crippen LogP contribution in [0.15, 0.2) is 152 Å². The monoisotopic (exact) mass is 1080 g/mol. The van der Waals surface area contributed by atoms with Gasteiger partial charge in [-0.1, -0.05) is 182 Å². The normalized spacial score (nSPS) is 13.7. The number of aromatic nitrogens is 3. The van der Waals surface area contributed by atoms with Crippen molar-refractivity contribution in [3.05, 3.63) is 191 Å². The Morgan fingerprint density at radius 3 is 1.93 bits per heavy atom. The van der Waals surface area contributed by atoms with Crippen molar-refractivity contribution in [2.24, 2.45) is 0 Å². The quantitative estimate of drug-likeness (QED) is 0.162. The van der Waals surface area contributed by atoms with E-state index in [1.165, 1.54) is 0 Å². The van der Waals surface area contributed by atoms with Gasteiger partial charge in [0.25, 0.3) is 0 Å². The summed E-state index contributed by atoms with van der Waals surface area (Å²) in [5.41, 5.74) is 14.1. The average Bonchev–Trinajstić information content (AvgIpc) is 3.72. The predicted molar refractivity (Wildman–Crippen MR) is 282 cm³/mol. The number of para-hydroxylation sites is 1. The van der Waals surface area contributed by atoms with Crippen molar-refractivity contribution in [2.75, 3.05) is 0 Å². The molecule has 0 aliphatic carbocycles. The molecule has 7 aromatic carbocycles. The van der Waals surface area contributed by atoms with E-state index in [0.717, 1.165) is 66.8 Å². The van der Waals surface area contributed by atoms with Gasteiger partial charge in [-0.2, -0.15) is 0 Å². The third kappa shape index (κ3) is 9.29. The van der Waals surface area contributed by atoms with Crippen LogP contribution in [0.5, 0.6) is 5.75 Å². The Hall–Kier alpha value is -6.35. The Balaban J connectivity index is 0.00000729. The number of hydrogen-bond acceptors (Lipinski definition) is 3. The maximum Gasteiger partial charge on any atom is 0.148 e. The fraction of sp³-hybridized carbons (Fsp3) is 0.238. The van der Waals surface area contributed by atoms with Crippen LogP contribution in [-0.2, 0) is 37.3 Å². The van der Waals surface area contributed by atoms with Gasteiger partial charge in [-0.15, -0.1) is 29.3 Å². The van der Waals surface area contributed by atoms with Crippen LogP contribution in [0.1, 0.15) is 104 Å². The molecule has 0 aliphatic heterocycles. The number of rotatable bonds is 7. The van der Waals surface area contributed by atoms with Crippen LogP contribution < -0.4 is 0 Å². The number of aromatic hydroxyl groups is 1. The summed E-state index contributed by atoms with van der Waals surface area (Å²) >= 11 is 0. The van der Waals surface area contributed by atoms with Gasteiger partial charge in [-0.3, -0.25) is 9.55 Å². The SMILES string of the molecule is [2H]C([2H])([2H])c1ccc(-c2ccnc(-c3[c-]c(-c4cccc5c4nc(-c4cc(C(C)(C)C)cc(C)c4O)n5-c4ccc(-c5c(-c6ccccc6)cccc5C(C)(C)C)cc4C([2H])([2H])[2H])cc(C(C)(C)C)c3)c2)cc1.[Pt]. The summed E-state index contributed by atoms with van der Waals surface area (Å²) in [5, 5.41) is 12.1. The summed E-state index contributed by atoms with van der Waals surface area (Å²) in [6, 6.07) is 51.0. The summed E-state index contributed by atoms with van der Waals surface area (Å²) in [7, 11) is 0. The molecule has 0 unspecified atom stereocenters. The zero-order valence-corrected chi connectivity index (χ0v) is 42.8. The largest absolute Gasteiger partial charge is 0.507 e. The van der Waals surface area contributed by atoms with E-state index < -0.39 is 13.7 Å². The van der Waals surface area contributed by atoms with E-state index in [-0.39, 0.29) is 54.2 Å². The molecule has 5 heteroatoms. The van der Waals surface area contributed by atoms with Gasteiger partial charge in [0.15, 0.2) is 0 Å². The first-order valence-corrected chi connectivity index (χ1v) is 23.0. The van der Waals surface area contributed by atoms with Crippen molar-refractivity contribution in [1.82, 2.24) is 14.5 Å². The van der Waals surface area contributed by atoms with Crippen molar-refractivity contribution in [3.63, 3.8) is 0 Å². The molecule has 0 spiro atoms. The second-order valence-electron chi connectivity index (χ2n) is 20.9. The molecule has 9 aromatic rings. The minimum absolute atomic E-state index is 0. The molecule has 346 valence electrons. The second-order valence-corrected chi connectivity index (χ2v) is 20.9. The predicted octanol–water partition coefficient (Wildman–Crippen LogP) is 16.7. The molecule has 0 radical (unpaired) electrons. The van der Waals surface area contributed by atoms with Crippen molar-refractivity contribution in [3.8, 4) is 78.6 Å². The number of nitrogens with zero attached hydrogens (tertiary/aromatic N) is 3. The number of fused-ring (bicyclic) bond motifs is 1. The first-order chi connectivity index (χ1) is 34.2. The van der Waals surface area contributed by atoms with E-state index in [1.807, 2.05) is 102 Å². The molecular weight excluding hydrogens is 1010 g/mol. The van der Waals surface area contributed by atoms with Crippen LogP contribution in [0.4, 0.5) is 0 Å². The summed E-state index contributed by atoms with van der Waals surface area (Å²) < 4.78 is 53.2. The van der Waals surface area contributed by atoms with E-state index in [9.17, 15) is 9.22 Å². The number of pyridine rings is 1. The van der Waals surface area contributed by atoms with E-state index in [2.05, 4.69) is 111 Å². The molecular formula is C63H62N3OPt-. The van der Waals surface area contributed by atoms with E-state index in [4.69, 9.17) is 14.1 Å². The molecule has 0 saturated carbocycles. The van der Waals surface area contributed by atoms with Crippen LogP contribution in [0.3, 0.4) is 0 Å². The molecule has 0 bridgehead atoms. The van der Waals surface area contributed by atoms with Crippen LogP contribution in [0.25, 0.3) is 83.9 Å². The van der Waals surface area contributed by atoms with Crippen molar-refractivity contribution >= 4 is 11.0 Å². The summed E-state index contributed by atoms with van der Waals surface area (Å²) in [5.74, 6) is 0.464. The topological polar surface area (TPSA) is 50.9 Å². The summed E-state index contributed by atoms with van der Waals surface area (Å²) in [4.78, 5) is 10.3. The Kier molecular flexibility index (Phi) is 10.9. The van der Waals surface area contributed by atoms with Gasteiger partial charge in [-0.25, -0.2) is 4.98 Å². The third-order valence-corrected chi connectivity index (χ3v) is 12.9. The smallest absolute Gasteiger partial charge is 0.148 e. The Labute approximate surface area is 426 Å². The summed E-state index contributed by atoms with van der Waals surface area (Å²) in [6.45, 7) is 16.5. The van der Waals surface area contributed by atoms with Crippen molar-refractivity contribution in [1.29, 1.82) is 0 Å². The van der Waals surface area contributed by atoms with Gasteiger partial charge in [0.1, 0.15) is 11.6 Å². The molecule has 2 aromatic heterocycles. The summed E-state index contributed by atoms with van der Waals surface area (Å²) in [6.07, 6.45) is 1.76. The maximum atomic E-state index is 12.1. The molecule has 0 aliphatic rings. The van der Waals surface area contributed by atoms with Gasteiger partial charge >= 0.3 is 0 Å². The molecule has 4 nitrogen and oxygen atoms in total. The minimum Gasteiger partial charge on any atom is -0.507 e. The zero-order chi connectivity index (χ0) is 52.6. The second kappa shape index (κ2) is 18.3. The van der Waals surface area contributed by atoms with Gasteiger partial charge in [-0.05, 0) is 123 Å². The number of imidazole rings is 1. The first-order valence-electron chi connectivity index (χ1n) is 26.0. The van der Waals surface area contributed by atoms with Crippen LogP contribution in [0, 0.1) is 26.7 Å². The average molecular weight is 1080 g/mol. The van der Waals surface area contributed by atoms with Gasteiger partial charge in [0.2, 0.25) is 0 Å². The Morgan fingerprint density at radius 2 is 1.24 bits per heavy atom. The van der Waals surface area contributed by atoms with Crippen molar-refractivity contribution < 1.29 is 34.4 Å². The molecule has 2 heterocycles. The fourth-order valence-electron chi connectivity index (χ4n) is 9.06. The number of hydrogen-bond donors (Lipinski definition) is 1. The molecule has 0 saturated heterocycles. The van der Waals surface area contributed by atoms with E-state index >= 15 is 0 Å². The number of aryl methyl sites for hydroxylation is 3. The fourth-order valence-corrected chi connectivity index (χ4v) is 9.06. The zero-order valence-electron chi connectivity index (χ0n) is 46.5. The third-order valence-electron chi connectivity index (χ3n) is 12.9. The standard InChI is InChI=1S/C63H62N3O.Pt/c1-39-24-26-42(27-25-39)44-30-31-64-54(37-44)47-34-46(35-49(36-47)62(7,8)9)51-21-17-23-56-58(51)65-60(52-38-48(61(4,5)6)33-41(3)59(52)67)66(56)55-29-28-45(32-40(55)2)57-50(43-18-14-13-15-19-43)20-16-22-53(57)63(10,11)12;/h13-33,35-38,67H,1-12H3;/q-1;/i1D3,2D3;. The minimum atomic E-state index is -2.58. The number of phenols is 1. The van der Waals surface area contributed by atoms with Crippen molar-refractivity contribution in [2.45, 2.75) is 99.2 Å². The number of phenolic OH excluding ortho intramolecular Hbond substituents is 1. The Bertz CT molecular complexity index is 3550. The van der Waals surface area contributed by atoms with Crippen LogP contribution in [0.2, 0.25) is 0 Å². The van der Waals surface area contributed by atoms with E-state index in [1.54, 1.807) is 18.3 Å². The molecule has 9 rings (SSSR count). The molecule has 1 N–H and O–H groups in total. The first kappa shape index (κ1) is 40.7. The van der Waals surface area contributed by atoms with E-state index in [0.29, 0.717) is 39.4 Å². The van der Waals surface area contributed by atoms with Gasteiger partial charge in [0, 0.05) is 41.2 Å². The molecule has 68 heavy (non-hydrogen) atoms. The maximum absolute atomic E-state index is 12.1. The van der Waals surface area contributed by atoms with Gasteiger partial charge < -0.3 is 5.11 Å². The van der Waals surface area contributed by atoms with Crippen LogP contribution in [-0.4, -0.2) is 19.6 Å².